The van der Waals surface area contributed by atoms with Gasteiger partial charge in [0.25, 0.3) is 0 Å². The van der Waals surface area contributed by atoms with Crippen molar-refractivity contribution in [2.75, 3.05) is 0 Å². The van der Waals surface area contributed by atoms with Gasteiger partial charge >= 0.3 is 0 Å². The van der Waals surface area contributed by atoms with Gasteiger partial charge in [0, 0.05) is 11.8 Å². The molecule has 0 N–H and O–H groups in total. The van der Waals surface area contributed by atoms with Crippen LogP contribution in [0.15, 0.2) is 96.1 Å². The third kappa shape index (κ3) is 1.49. The number of hydrogen-bond acceptors (Lipinski definition) is 0. The number of hydrogen-bond donors (Lipinski definition) is 0. The Hall–Kier alpha value is -2.60. The number of rotatable bonds is 0. The second-order valence-electron chi connectivity index (χ2n) is 7.60. The molecular formula is C25H20. The van der Waals surface area contributed by atoms with E-state index >= 15 is 0 Å². The highest BCUT2D eigenvalue weighted by atomic mass is 14.6. The first-order valence-corrected chi connectivity index (χ1v) is 9.37. The van der Waals surface area contributed by atoms with Crippen LogP contribution in [-0.2, 0) is 5.41 Å². The first-order chi connectivity index (χ1) is 12.4. The van der Waals surface area contributed by atoms with E-state index in [9.17, 15) is 0 Å². The molecule has 0 radical (unpaired) electrons. The van der Waals surface area contributed by atoms with Gasteiger partial charge in [-0.15, -0.1) is 0 Å². The second-order valence-corrected chi connectivity index (χ2v) is 7.60. The Bertz CT molecular complexity index is 966. The van der Waals surface area contributed by atoms with Crippen molar-refractivity contribution in [3.05, 3.63) is 107 Å². The normalized spacial score (nSPS) is 26.6. The summed E-state index contributed by atoms with van der Waals surface area (Å²) < 4.78 is 0. The van der Waals surface area contributed by atoms with E-state index < -0.39 is 0 Å². The highest BCUT2D eigenvalue weighted by Gasteiger charge is 2.57. The van der Waals surface area contributed by atoms with Gasteiger partial charge in [-0.25, -0.2) is 0 Å². The van der Waals surface area contributed by atoms with Gasteiger partial charge in [-0.2, -0.15) is 0 Å². The highest BCUT2D eigenvalue weighted by molar-refractivity contribution is 5.85. The van der Waals surface area contributed by atoms with Gasteiger partial charge in [-0.05, 0) is 40.7 Å². The fourth-order valence-corrected chi connectivity index (χ4v) is 5.86. The van der Waals surface area contributed by atoms with Crippen LogP contribution in [0.25, 0.3) is 11.1 Å². The molecule has 0 amide bonds. The molecule has 0 saturated carbocycles. The van der Waals surface area contributed by atoms with Gasteiger partial charge in [0.1, 0.15) is 0 Å². The minimum Gasteiger partial charge on any atom is -0.0839 e. The summed E-state index contributed by atoms with van der Waals surface area (Å²) in [5, 5.41) is 0. The molecule has 6 rings (SSSR count). The van der Waals surface area contributed by atoms with Gasteiger partial charge < -0.3 is 0 Å². The molecule has 0 heterocycles. The summed E-state index contributed by atoms with van der Waals surface area (Å²) >= 11 is 0. The molecule has 0 aromatic heterocycles. The third-order valence-corrected chi connectivity index (χ3v) is 6.67. The molecule has 4 aliphatic carbocycles. The molecule has 0 nitrogen and oxygen atoms in total. The summed E-state index contributed by atoms with van der Waals surface area (Å²) in [4.78, 5) is 0. The molecule has 0 aliphatic heterocycles. The maximum absolute atomic E-state index is 2.47. The first-order valence-electron chi connectivity index (χ1n) is 9.37. The second kappa shape index (κ2) is 4.73. The Kier molecular flexibility index (Phi) is 2.58. The fraction of sp³-hybridized carbons (Fsp3) is 0.200. The van der Waals surface area contributed by atoms with E-state index in [1.807, 2.05) is 0 Å². The van der Waals surface area contributed by atoms with Crippen LogP contribution in [0.5, 0.6) is 0 Å². The summed E-state index contributed by atoms with van der Waals surface area (Å²) in [6.45, 7) is 0. The van der Waals surface area contributed by atoms with Crippen molar-refractivity contribution in [2.24, 2.45) is 11.8 Å². The molecule has 1 spiro atoms. The van der Waals surface area contributed by atoms with Crippen molar-refractivity contribution in [2.45, 2.75) is 18.3 Å². The van der Waals surface area contributed by atoms with Crippen molar-refractivity contribution < 1.29 is 0 Å². The SMILES string of the molecule is C1=CC2C3=C(C=CCC3)C3(c4ccccc4-c4ccccc43)C2C=C1. The molecule has 2 atom stereocenters. The minimum atomic E-state index is -0.00856. The van der Waals surface area contributed by atoms with Crippen molar-refractivity contribution in [1.82, 2.24) is 0 Å². The van der Waals surface area contributed by atoms with Crippen LogP contribution in [0.4, 0.5) is 0 Å². The van der Waals surface area contributed by atoms with E-state index in [1.165, 1.54) is 35.1 Å². The Morgan fingerprint density at radius 3 is 2.24 bits per heavy atom. The molecule has 2 aromatic carbocycles. The predicted molar refractivity (Wildman–Crippen MR) is 103 cm³/mol. The van der Waals surface area contributed by atoms with Crippen molar-refractivity contribution in [3.63, 3.8) is 0 Å². The van der Waals surface area contributed by atoms with E-state index in [4.69, 9.17) is 0 Å². The molecular weight excluding hydrogens is 300 g/mol. The topological polar surface area (TPSA) is 0 Å². The largest absolute Gasteiger partial charge is 0.0839 e. The average Bonchev–Trinajstić information content (AvgIpc) is 3.16. The molecule has 0 fully saturated rings. The Labute approximate surface area is 148 Å². The number of allylic oxidation sites excluding steroid dienone is 8. The molecule has 0 bridgehead atoms. The van der Waals surface area contributed by atoms with Crippen molar-refractivity contribution >= 4 is 0 Å². The lowest BCUT2D eigenvalue weighted by molar-refractivity contribution is 0.431. The monoisotopic (exact) mass is 320 g/mol. The van der Waals surface area contributed by atoms with Crippen LogP contribution in [0.2, 0.25) is 0 Å². The fourth-order valence-electron chi connectivity index (χ4n) is 5.86. The third-order valence-electron chi connectivity index (χ3n) is 6.67. The Morgan fingerprint density at radius 1 is 0.800 bits per heavy atom. The van der Waals surface area contributed by atoms with E-state index in [1.54, 1.807) is 11.1 Å². The smallest absolute Gasteiger partial charge is 0.0534 e. The molecule has 2 aromatic rings. The summed E-state index contributed by atoms with van der Waals surface area (Å²) in [5.74, 6) is 1.04. The predicted octanol–water partition coefficient (Wildman–Crippen LogP) is 5.97. The van der Waals surface area contributed by atoms with E-state index in [2.05, 4.69) is 85.0 Å². The quantitative estimate of drug-likeness (QED) is 0.561. The van der Waals surface area contributed by atoms with Crippen LogP contribution >= 0.6 is 0 Å². The summed E-state index contributed by atoms with van der Waals surface area (Å²) in [7, 11) is 0. The van der Waals surface area contributed by atoms with E-state index in [0.717, 1.165) is 0 Å². The van der Waals surface area contributed by atoms with Crippen molar-refractivity contribution in [3.8, 4) is 11.1 Å². The van der Waals surface area contributed by atoms with Crippen LogP contribution in [0.1, 0.15) is 24.0 Å². The van der Waals surface area contributed by atoms with E-state index in [-0.39, 0.29) is 5.41 Å². The Morgan fingerprint density at radius 2 is 1.48 bits per heavy atom. The molecule has 120 valence electrons. The van der Waals surface area contributed by atoms with Gasteiger partial charge in [0.2, 0.25) is 0 Å². The molecule has 4 aliphatic rings. The van der Waals surface area contributed by atoms with Gasteiger partial charge in [-0.1, -0.05) is 90.6 Å². The zero-order valence-electron chi connectivity index (χ0n) is 14.2. The lowest BCUT2D eigenvalue weighted by Crippen LogP contribution is -2.34. The summed E-state index contributed by atoms with van der Waals surface area (Å²) in [6.07, 6.45) is 16.6. The number of fused-ring (bicyclic) bond motifs is 9. The Balaban J connectivity index is 1.77. The van der Waals surface area contributed by atoms with Gasteiger partial charge in [0.15, 0.2) is 0 Å². The summed E-state index contributed by atoms with van der Waals surface area (Å²) in [5.41, 5.74) is 9.08. The van der Waals surface area contributed by atoms with E-state index in [0.29, 0.717) is 11.8 Å². The van der Waals surface area contributed by atoms with Gasteiger partial charge in [0.05, 0.1) is 5.41 Å². The zero-order chi connectivity index (χ0) is 16.4. The molecule has 2 unspecified atom stereocenters. The lowest BCUT2D eigenvalue weighted by atomic mass is 9.64. The molecule has 0 saturated heterocycles. The first kappa shape index (κ1) is 13.7. The lowest BCUT2D eigenvalue weighted by Gasteiger charge is -2.37. The standard InChI is InChI=1S/C25H20/c1-5-13-21-17(9-1)18-10-2-6-14-22(18)25(21)23-15-7-3-11-19(23)20-12-4-8-16-24(20)25/h1-3,5-11,13-16,19,23H,4,12H2. The van der Waals surface area contributed by atoms with Crippen LogP contribution in [0.3, 0.4) is 0 Å². The van der Waals surface area contributed by atoms with Gasteiger partial charge in [-0.3, -0.25) is 0 Å². The maximum Gasteiger partial charge on any atom is 0.0534 e. The maximum atomic E-state index is 2.47. The molecule has 0 heteroatoms. The van der Waals surface area contributed by atoms with Crippen LogP contribution in [0, 0.1) is 11.8 Å². The van der Waals surface area contributed by atoms with Crippen molar-refractivity contribution in [1.29, 1.82) is 0 Å². The van der Waals surface area contributed by atoms with Crippen LogP contribution < -0.4 is 0 Å². The van der Waals surface area contributed by atoms with Crippen LogP contribution in [-0.4, -0.2) is 0 Å². The summed E-state index contributed by atoms with van der Waals surface area (Å²) in [6, 6.07) is 18.2. The number of benzene rings is 2. The minimum absolute atomic E-state index is 0.00856. The highest BCUT2D eigenvalue weighted by Crippen LogP contribution is 2.65. The molecule has 25 heavy (non-hydrogen) atoms. The zero-order valence-corrected chi connectivity index (χ0v) is 14.2. The average molecular weight is 320 g/mol.